The van der Waals surface area contributed by atoms with Gasteiger partial charge in [-0.15, -0.1) is 0 Å². The monoisotopic (exact) mass is 387 g/mol. The SMILES string of the molecule is [C-]#[N+][C@H]1C[C@@H](C(=O)O)CC[C@@H]1n1cc(C(N)=O)c(Nc2ccc(Cl)cc2)n1. The van der Waals surface area contributed by atoms with Gasteiger partial charge in [-0.3, -0.25) is 14.3 Å². The van der Waals surface area contributed by atoms with Crippen molar-refractivity contribution in [3.8, 4) is 0 Å². The van der Waals surface area contributed by atoms with Crippen LogP contribution >= 0.6 is 11.6 Å². The van der Waals surface area contributed by atoms with Gasteiger partial charge in [-0.25, -0.2) is 6.57 Å². The van der Waals surface area contributed by atoms with E-state index in [0.29, 0.717) is 23.6 Å². The maximum absolute atomic E-state index is 11.8. The van der Waals surface area contributed by atoms with Crippen LogP contribution in [0.25, 0.3) is 4.85 Å². The minimum atomic E-state index is -0.884. The van der Waals surface area contributed by atoms with Crippen LogP contribution in [0.4, 0.5) is 11.5 Å². The van der Waals surface area contributed by atoms with Crippen molar-refractivity contribution in [2.75, 3.05) is 5.32 Å². The molecule has 2 aromatic rings. The number of aromatic nitrogens is 2. The van der Waals surface area contributed by atoms with Crippen LogP contribution < -0.4 is 11.1 Å². The van der Waals surface area contributed by atoms with E-state index in [1.54, 1.807) is 28.9 Å². The van der Waals surface area contributed by atoms with Crippen LogP contribution in [-0.2, 0) is 4.79 Å². The number of nitrogens with two attached hydrogens (primary N) is 1. The summed E-state index contributed by atoms with van der Waals surface area (Å²) in [6.45, 7) is 7.42. The summed E-state index contributed by atoms with van der Waals surface area (Å²) >= 11 is 5.88. The fraction of sp³-hybridized carbons (Fsp3) is 0.333. The van der Waals surface area contributed by atoms with Crippen molar-refractivity contribution >= 4 is 35.0 Å². The number of aliphatic carboxylic acids is 1. The number of carboxylic acid groups (broad SMARTS) is 1. The van der Waals surface area contributed by atoms with Crippen molar-refractivity contribution in [3.63, 3.8) is 0 Å². The van der Waals surface area contributed by atoms with Gasteiger partial charge in [-0.1, -0.05) is 11.6 Å². The zero-order valence-corrected chi connectivity index (χ0v) is 15.1. The van der Waals surface area contributed by atoms with Crippen LogP contribution in [0.1, 0.15) is 35.7 Å². The Morgan fingerprint density at radius 3 is 2.63 bits per heavy atom. The second-order valence-electron chi connectivity index (χ2n) is 6.48. The zero-order valence-electron chi connectivity index (χ0n) is 14.3. The molecule has 1 aromatic carbocycles. The highest BCUT2D eigenvalue weighted by Crippen LogP contribution is 2.35. The number of nitrogens with zero attached hydrogens (tertiary/aromatic N) is 3. The first-order chi connectivity index (χ1) is 12.9. The number of hydrogen-bond donors (Lipinski definition) is 3. The number of carbonyl (C=O) groups excluding carboxylic acids is 1. The molecule has 8 nitrogen and oxygen atoms in total. The molecule has 0 spiro atoms. The lowest BCUT2D eigenvalue weighted by atomic mass is 9.83. The molecular weight excluding hydrogens is 370 g/mol. The van der Waals surface area contributed by atoms with Crippen molar-refractivity contribution in [2.24, 2.45) is 11.7 Å². The normalized spacial score (nSPS) is 22.0. The molecule has 1 amide bonds. The van der Waals surface area contributed by atoms with E-state index in [9.17, 15) is 14.7 Å². The Kier molecular flexibility index (Phi) is 5.33. The number of amides is 1. The van der Waals surface area contributed by atoms with Crippen molar-refractivity contribution in [1.82, 2.24) is 9.78 Å². The van der Waals surface area contributed by atoms with E-state index in [0.717, 1.165) is 0 Å². The predicted molar refractivity (Wildman–Crippen MR) is 99.9 cm³/mol. The molecule has 1 aromatic heterocycles. The molecule has 0 radical (unpaired) electrons. The number of primary amides is 1. The largest absolute Gasteiger partial charge is 0.481 e. The number of rotatable bonds is 5. The Labute approximate surface area is 160 Å². The molecule has 1 aliphatic rings. The van der Waals surface area contributed by atoms with Gasteiger partial charge in [-0.2, -0.15) is 5.10 Å². The van der Waals surface area contributed by atoms with E-state index in [1.807, 2.05) is 0 Å². The zero-order chi connectivity index (χ0) is 19.6. The van der Waals surface area contributed by atoms with E-state index in [2.05, 4.69) is 15.3 Å². The molecule has 3 atom stereocenters. The van der Waals surface area contributed by atoms with E-state index in [4.69, 9.17) is 23.9 Å². The summed E-state index contributed by atoms with van der Waals surface area (Å²) < 4.78 is 1.55. The van der Waals surface area contributed by atoms with Gasteiger partial charge in [0.25, 0.3) is 5.91 Å². The molecule has 1 fully saturated rings. The van der Waals surface area contributed by atoms with Gasteiger partial charge in [0.15, 0.2) is 5.82 Å². The summed E-state index contributed by atoms with van der Waals surface area (Å²) in [5.74, 6) is -1.77. The van der Waals surface area contributed by atoms with Gasteiger partial charge in [0, 0.05) is 23.3 Å². The maximum Gasteiger partial charge on any atom is 0.306 e. The smallest absolute Gasteiger partial charge is 0.306 e. The lowest BCUT2D eigenvalue weighted by Gasteiger charge is -2.27. The number of benzene rings is 1. The molecule has 1 heterocycles. The first-order valence-electron chi connectivity index (χ1n) is 8.40. The van der Waals surface area contributed by atoms with Gasteiger partial charge in [0.1, 0.15) is 11.6 Å². The van der Waals surface area contributed by atoms with E-state index in [-0.39, 0.29) is 23.8 Å². The standard InChI is InChI=1S/C18H18ClN5O3/c1-21-14-8-10(18(26)27)2-7-15(14)24-9-13(16(20)25)17(23-24)22-12-5-3-11(19)4-6-12/h3-6,9-10,14-15H,2,7-8H2,(H2,20,25)(H,22,23)(H,26,27)/t10-,14-,15-/m0/s1. The molecule has 0 saturated heterocycles. The second kappa shape index (κ2) is 7.68. The van der Waals surface area contributed by atoms with Gasteiger partial charge < -0.3 is 21.0 Å². The fourth-order valence-corrected chi connectivity index (χ4v) is 3.43. The summed E-state index contributed by atoms with van der Waals surface area (Å²) in [6, 6.07) is 6.05. The lowest BCUT2D eigenvalue weighted by Crippen LogP contribution is -2.33. The molecule has 0 bridgehead atoms. The Morgan fingerprint density at radius 1 is 1.33 bits per heavy atom. The lowest BCUT2D eigenvalue weighted by molar-refractivity contribution is -0.143. The molecule has 4 N–H and O–H groups in total. The summed E-state index contributed by atoms with van der Waals surface area (Å²) in [7, 11) is 0. The van der Waals surface area contributed by atoms with Crippen LogP contribution in [0.5, 0.6) is 0 Å². The predicted octanol–water partition coefficient (Wildman–Crippen LogP) is 3.09. The number of anilines is 2. The van der Waals surface area contributed by atoms with Gasteiger partial charge >= 0.3 is 5.97 Å². The van der Waals surface area contributed by atoms with Crippen molar-refractivity contribution in [2.45, 2.75) is 31.3 Å². The third kappa shape index (κ3) is 4.04. The first kappa shape index (κ1) is 18.7. The summed E-state index contributed by atoms with van der Waals surface area (Å²) in [5.41, 5.74) is 6.36. The fourth-order valence-electron chi connectivity index (χ4n) is 3.31. The highest BCUT2D eigenvalue weighted by molar-refractivity contribution is 6.30. The molecule has 1 aliphatic carbocycles. The summed E-state index contributed by atoms with van der Waals surface area (Å²) in [6.07, 6.45) is 2.72. The molecule has 27 heavy (non-hydrogen) atoms. The summed E-state index contributed by atoms with van der Waals surface area (Å²) in [5, 5.41) is 17.2. The van der Waals surface area contributed by atoms with Crippen LogP contribution in [0.3, 0.4) is 0 Å². The van der Waals surface area contributed by atoms with Crippen LogP contribution in [0.15, 0.2) is 30.5 Å². The third-order valence-corrected chi connectivity index (χ3v) is 4.99. The Bertz CT molecular complexity index is 903. The van der Waals surface area contributed by atoms with Crippen molar-refractivity contribution < 1.29 is 14.7 Å². The van der Waals surface area contributed by atoms with Crippen molar-refractivity contribution in [1.29, 1.82) is 0 Å². The van der Waals surface area contributed by atoms with Gasteiger partial charge in [0.2, 0.25) is 6.04 Å². The summed E-state index contributed by atoms with van der Waals surface area (Å²) in [4.78, 5) is 26.6. The van der Waals surface area contributed by atoms with E-state index >= 15 is 0 Å². The first-order valence-corrected chi connectivity index (χ1v) is 8.77. The Hall–Kier alpha value is -3.05. The topological polar surface area (TPSA) is 115 Å². The maximum atomic E-state index is 11.8. The van der Waals surface area contributed by atoms with E-state index < -0.39 is 23.8 Å². The molecule has 1 saturated carbocycles. The number of carbonyl (C=O) groups is 2. The second-order valence-corrected chi connectivity index (χ2v) is 6.92. The van der Waals surface area contributed by atoms with E-state index in [1.165, 1.54) is 6.20 Å². The third-order valence-electron chi connectivity index (χ3n) is 4.74. The highest BCUT2D eigenvalue weighted by atomic mass is 35.5. The average Bonchev–Trinajstić information content (AvgIpc) is 3.07. The van der Waals surface area contributed by atoms with Crippen LogP contribution in [-0.4, -0.2) is 32.8 Å². The number of halogens is 1. The molecule has 3 rings (SSSR count). The quantitative estimate of drug-likeness (QED) is 0.682. The van der Waals surface area contributed by atoms with Gasteiger partial charge in [-0.05, 0) is 37.1 Å². The van der Waals surface area contributed by atoms with Crippen molar-refractivity contribution in [3.05, 3.63) is 52.5 Å². The Balaban J connectivity index is 1.88. The van der Waals surface area contributed by atoms with Crippen LogP contribution in [0.2, 0.25) is 5.02 Å². The number of carboxylic acids is 1. The van der Waals surface area contributed by atoms with Gasteiger partial charge in [0.05, 0.1) is 5.92 Å². The molecule has 0 aliphatic heterocycles. The van der Waals surface area contributed by atoms with Crippen LogP contribution in [0, 0.1) is 12.5 Å². The number of hydrogen-bond acceptors (Lipinski definition) is 4. The Morgan fingerprint density at radius 2 is 2.04 bits per heavy atom. The molecule has 0 unspecified atom stereocenters. The number of nitrogens with one attached hydrogen (secondary N) is 1. The minimum Gasteiger partial charge on any atom is -0.481 e. The molecule has 140 valence electrons. The highest BCUT2D eigenvalue weighted by Gasteiger charge is 2.39. The molecule has 9 heteroatoms. The molecular formula is C18H18ClN5O3. The average molecular weight is 388 g/mol. The minimum absolute atomic E-state index is 0.203.